The number of hydrogen-bond acceptors (Lipinski definition) is 2. The fourth-order valence-corrected chi connectivity index (χ4v) is 10.5. The Balaban J connectivity index is 0.000000584. The van der Waals surface area contributed by atoms with E-state index in [1.807, 2.05) is 12.1 Å². The zero-order valence-electron chi connectivity index (χ0n) is 23.7. The number of aryl methyl sites for hydroxylation is 4. The Labute approximate surface area is 256 Å². The topological polar surface area (TPSA) is 26.3 Å². The monoisotopic (exact) mass is 612 g/mol. The molecule has 2 nitrogen and oxygen atoms in total. The van der Waals surface area contributed by atoms with Crippen LogP contribution in [0.4, 0.5) is 0 Å². The van der Waals surface area contributed by atoms with Gasteiger partial charge in [0, 0.05) is 0 Å². The van der Waals surface area contributed by atoms with E-state index < -0.39 is 15.8 Å². The molecule has 5 heteroatoms. The second-order valence-electron chi connectivity index (χ2n) is 9.88. The average molecular weight is 612 g/mol. The summed E-state index contributed by atoms with van der Waals surface area (Å²) in [6, 6.07) is 30.0. The molecule has 2 aromatic heterocycles. The van der Waals surface area contributed by atoms with Crippen LogP contribution in [0.15, 0.2) is 111 Å². The summed E-state index contributed by atoms with van der Waals surface area (Å²) < 4.78 is 11.9. The third-order valence-electron chi connectivity index (χ3n) is 6.54. The number of rotatable bonds is 7. The summed E-state index contributed by atoms with van der Waals surface area (Å²) in [5.41, 5.74) is 16.2. The smallest absolute Gasteiger partial charge is 0.465 e. The summed E-state index contributed by atoms with van der Waals surface area (Å²) in [5, 5.41) is 4.09. The first-order valence-electron chi connectivity index (χ1n) is 13.2. The quantitative estimate of drug-likeness (QED) is 0.0842. The van der Waals surface area contributed by atoms with Gasteiger partial charge in [-0.2, -0.15) is 29.1 Å². The Morgan fingerprint density at radius 3 is 1.71 bits per heavy atom. The summed E-state index contributed by atoms with van der Waals surface area (Å²) in [6.45, 7) is 11.2. The minimum absolute atomic E-state index is 0. The molecule has 6 rings (SSSR count). The number of benzene rings is 2. The second-order valence-corrected chi connectivity index (χ2v) is 14.5. The molecule has 0 amide bonds. The van der Waals surface area contributed by atoms with Crippen LogP contribution in [0.25, 0.3) is 0 Å². The maximum absolute atomic E-state index is 5.93. The first-order valence-corrected chi connectivity index (χ1v) is 15.9. The maximum atomic E-state index is 5.93. The summed E-state index contributed by atoms with van der Waals surface area (Å²) in [6.07, 6.45) is 8.50. The van der Waals surface area contributed by atoms with E-state index in [4.69, 9.17) is 8.83 Å². The molecule has 0 spiro atoms. The molecule has 2 heterocycles. The summed E-state index contributed by atoms with van der Waals surface area (Å²) in [7, 11) is -1.60. The van der Waals surface area contributed by atoms with Crippen molar-refractivity contribution in [1.29, 1.82) is 0 Å². The van der Waals surface area contributed by atoms with Crippen LogP contribution < -0.4 is 26.9 Å². The molecule has 1 aliphatic carbocycles. The molecule has 2 radical (unpaired) electrons. The van der Waals surface area contributed by atoms with Crippen molar-refractivity contribution in [2.24, 2.45) is 0 Å². The normalized spacial score (nSPS) is 12.1. The molecule has 0 bridgehead atoms. The van der Waals surface area contributed by atoms with E-state index in [-0.39, 0.29) is 22.7 Å². The molecule has 204 valence electrons. The van der Waals surface area contributed by atoms with Crippen molar-refractivity contribution in [3.63, 3.8) is 0 Å². The minimum atomic E-state index is -0.930. The molecule has 0 saturated carbocycles. The predicted octanol–water partition coefficient (Wildman–Crippen LogP) is 7.20. The van der Waals surface area contributed by atoms with Crippen molar-refractivity contribution in [2.45, 2.75) is 40.3 Å². The minimum Gasteiger partial charge on any atom is -0.465 e. The van der Waals surface area contributed by atoms with Crippen LogP contribution in [0.5, 0.6) is 0 Å². The second kappa shape index (κ2) is 14.1. The Bertz CT molecular complexity index is 1580. The Kier molecular flexibility index (Phi) is 10.6. The van der Waals surface area contributed by atoms with E-state index in [2.05, 4.69) is 131 Å². The van der Waals surface area contributed by atoms with Gasteiger partial charge in [0.2, 0.25) is 0 Å². The molecule has 0 fully saturated rings. The van der Waals surface area contributed by atoms with Gasteiger partial charge in [0.25, 0.3) is 0 Å². The van der Waals surface area contributed by atoms with Crippen molar-refractivity contribution >= 4 is 42.8 Å². The van der Waals surface area contributed by atoms with Crippen molar-refractivity contribution in [3.8, 4) is 0 Å². The SMILES string of the molecule is Cc1cc(C)cc(P(c2cc(C)cc(C)c2)[C@@H](C)c2[c][cH-]cc2P(c2ccco2)c2ccco2)c1.[C]1=C=C=C=[C-]1.[Fe+2]. The first-order chi connectivity index (χ1) is 19.4. The van der Waals surface area contributed by atoms with Gasteiger partial charge in [0.1, 0.15) is 11.0 Å². The Morgan fingerprint density at radius 2 is 1.32 bits per heavy atom. The van der Waals surface area contributed by atoms with Crippen molar-refractivity contribution < 1.29 is 25.9 Å². The van der Waals surface area contributed by atoms with Crippen molar-refractivity contribution in [3.05, 3.63) is 149 Å². The van der Waals surface area contributed by atoms with Gasteiger partial charge < -0.3 is 8.83 Å². The summed E-state index contributed by atoms with van der Waals surface area (Å²) in [5.74, 6) is 0. The van der Waals surface area contributed by atoms with Gasteiger partial charge in [-0.1, -0.05) is 65.6 Å². The summed E-state index contributed by atoms with van der Waals surface area (Å²) >= 11 is 0. The van der Waals surface area contributed by atoms with E-state index >= 15 is 0 Å². The van der Waals surface area contributed by atoms with Crippen LogP contribution in [0.1, 0.15) is 40.4 Å². The van der Waals surface area contributed by atoms with Gasteiger partial charge in [-0.05, 0) is 84.1 Å². The molecule has 41 heavy (non-hydrogen) atoms. The number of allylic oxidation sites excluding steroid dienone is 2. The third-order valence-corrected chi connectivity index (χ3v) is 11.5. The molecule has 0 N–H and O–H groups in total. The van der Waals surface area contributed by atoms with Crippen LogP contribution in [0.2, 0.25) is 0 Å². The van der Waals surface area contributed by atoms with Crippen LogP contribution >= 0.6 is 15.8 Å². The molecular formula is C36H30FeO2P2. The fourth-order valence-electron chi connectivity index (χ4n) is 5.11. The van der Waals surface area contributed by atoms with Crippen LogP contribution in [0.3, 0.4) is 0 Å². The summed E-state index contributed by atoms with van der Waals surface area (Å²) in [4.78, 5) is 0. The van der Waals surface area contributed by atoms with Gasteiger partial charge in [-0.15, -0.1) is 12.2 Å². The third kappa shape index (κ3) is 7.37. The van der Waals surface area contributed by atoms with Crippen LogP contribution in [0, 0.1) is 45.9 Å². The van der Waals surface area contributed by atoms with Crippen LogP contribution in [-0.4, -0.2) is 0 Å². The zero-order valence-corrected chi connectivity index (χ0v) is 26.6. The Hall–Kier alpha value is -3.19. The van der Waals surface area contributed by atoms with E-state index in [1.54, 1.807) is 12.5 Å². The molecule has 0 saturated heterocycles. The first kappa shape index (κ1) is 30.8. The average Bonchev–Trinajstić information content (AvgIpc) is 3.74. The predicted molar refractivity (Wildman–Crippen MR) is 168 cm³/mol. The van der Waals surface area contributed by atoms with Crippen molar-refractivity contribution in [1.82, 2.24) is 0 Å². The molecular weight excluding hydrogens is 582 g/mol. The molecule has 0 aliphatic heterocycles. The zero-order chi connectivity index (χ0) is 28.1. The van der Waals surface area contributed by atoms with Gasteiger partial charge >= 0.3 is 17.1 Å². The number of furan rings is 2. The molecule has 1 atom stereocenters. The molecule has 3 aromatic carbocycles. The van der Waals surface area contributed by atoms with Gasteiger partial charge in [0.15, 0.2) is 0 Å². The van der Waals surface area contributed by atoms with E-state index in [1.165, 1.54) is 43.7 Å². The van der Waals surface area contributed by atoms with Gasteiger partial charge in [-0.3, -0.25) is 11.5 Å². The van der Waals surface area contributed by atoms with Gasteiger partial charge in [0.05, 0.1) is 12.5 Å². The Morgan fingerprint density at radius 1 is 0.780 bits per heavy atom. The van der Waals surface area contributed by atoms with E-state index in [0.717, 1.165) is 11.0 Å². The van der Waals surface area contributed by atoms with Gasteiger partial charge in [-0.25, -0.2) is 5.73 Å². The van der Waals surface area contributed by atoms with Crippen molar-refractivity contribution in [2.75, 3.05) is 0 Å². The van der Waals surface area contributed by atoms with Crippen LogP contribution in [-0.2, 0) is 17.1 Å². The molecule has 5 aromatic rings. The maximum Gasteiger partial charge on any atom is 2.00 e. The molecule has 1 aliphatic rings. The standard InChI is InChI=1S/C31H30O2P2.C5.Fe/c1-21-15-22(2)18-26(17-21)34(27-19-23(3)16-24(4)20-27)25(5)28-9-6-10-29(28)35(30-11-7-13-32-30)31-12-8-14-33-31;1-2-4-5-3-1;/h6-8,10-20,25H,1-5H3;;/q2*-1;+2/t25-;;/m0../s1. The van der Waals surface area contributed by atoms with E-state index in [0.29, 0.717) is 0 Å². The van der Waals surface area contributed by atoms with E-state index in [9.17, 15) is 0 Å². The molecule has 0 unspecified atom stereocenters. The fraction of sp³-hybridized carbons (Fsp3) is 0.167. The largest absolute Gasteiger partial charge is 2.00 e. The number of hydrogen-bond donors (Lipinski definition) is 0.